The molecule has 0 radical (unpaired) electrons. The van der Waals surface area contributed by atoms with E-state index in [2.05, 4.69) is 5.32 Å². The summed E-state index contributed by atoms with van der Waals surface area (Å²) >= 11 is 0. The molecule has 1 saturated heterocycles. The van der Waals surface area contributed by atoms with Gasteiger partial charge in [-0.15, -0.1) is 0 Å². The van der Waals surface area contributed by atoms with E-state index in [1.165, 1.54) is 35.5 Å². The lowest BCUT2D eigenvalue weighted by Crippen LogP contribution is -2.35. The van der Waals surface area contributed by atoms with Gasteiger partial charge in [0.2, 0.25) is 21.2 Å². The Morgan fingerprint density at radius 2 is 1.62 bits per heavy atom. The lowest BCUT2D eigenvalue weighted by molar-refractivity contribution is -0.122. The summed E-state index contributed by atoms with van der Waals surface area (Å²) < 4.78 is 44.6. The predicted octanol–water partition coefficient (Wildman–Crippen LogP) is 5.05. The van der Waals surface area contributed by atoms with Crippen LogP contribution < -0.4 is 20.2 Å². The Morgan fingerprint density at radius 1 is 0.950 bits per heavy atom. The van der Waals surface area contributed by atoms with Crippen LogP contribution in [0.1, 0.15) is 26.2 Å². The van der Waals surface area contributed by atoms with Gasteiger partial charge in [0.1, 0.15) is 11.3 Å². The zero-order chi connectivity index (χ0) is 28.3. The van der Waals surface area contributed by atoms with Crippen molar-refractivity contribution in [2.24, 2.45) is 0 Å². The molecule has 0 saturated carbocycles. The van der Waals surface area contributed by atoms with Gasteiger partial charge in [0.15, 0.2) is 11.9 Å². The maximum atomic E-state index is 13.4. The quantitative estimate of drug-likeness (QED) is 0.320. The number of nitrogens with zero attached hydrogens (tertiary/aromatic N) is 1. The van der Waals surface area contributed by atoms with E-state index >= 15 is 0 Å². The van der Waals surface area contributed by atoms with Gasteiger partial charge in [-0.05, 0) is 80.4 Å². The number of carbonyl (C=O) groups is 1. The van der Waals surface area contributed by atoms with E-state index in [4.69, 9.17) is 13.9 Å². The number of ether oxygens (including phenoxy) is 2. The number of hydrogen-bond donors (Lipinski definition) is 1. The minimum Gasteiger partial charge on any atom is -0.497 e. The van der Waals surface area contributed by atoms with E-state index in [-0.39, 0.29) is 16.4 Å². The van der Waals surface area contributed by atoms with Crippen LogP contribution in [0.2, 0.25) is 0 Å². The van der Waals surface area contributed by atoms with E-state index in [1.807, 2.05) is 0 Å². The molecule has 1 amide bonds. The van der Waals surface area contributed by atoms with Crippen molar-refractivity contribution in [1.82, 2.24) is 4.31 Å². The summed E-state index contributed by atoms with van der Waals surface area (Å²) in [5.74, 6) is 0.226. The van der Waals surface area contributed by atoms with E-state index in [0.717, 1.165) is 19.3 Å². The van der Waals surface area contributed by atoms with E-state index in [9.17, 15) is 18.0 Å². The highest BCUT2D eigenvalue weighted by molar-refractivity contribution is 7.89. The fourth-order valence-electron chi connectivity index (χ4n) is 4.60. The van der Waals surface area contributed by atoms with Crippen LogP contribution in [0.5, 0.6) is 11.5 Å². The normalized spacial score (nSPS) is 14.9. The monoisotopic (exact) mass is 562 g/mol. The Bertz CT molecular complexity index is 1670. The number of nitrogens with one attached hydrogen (secondary N) is 1. The fraction of sp³-hybridized carbons (Fsp3) is 0.267. The zero-order valence-corrected chi connectivity index (χ0v) is 23.1. The summed E-state index contributed by atoms with van der Waals surface area (Å²) in [6, 6.07) is 19.8. The molecule has 1 unspecified atom stereocenters. The number of hydrogen-bond acceptors (Lipinski definition) is 7. The van der Waals surface area contributed by atoms with Crippen LogP contribution in [0.3, 0.4) is 0 Å². The molecule has 1 aliphatic heterocycles. The molecule has 10 heteroatoms. The molecular weight excluding hydrogens is 532 g/mol. The van der Waals surface area contributed by atoms with Crippen molar-refractivity contribution in [3.63, 3.8) is 0 Å². The zero-order valence-electron chi connectivity index (χ0n) is 22.3. The van der Waals surface area contributed by atoms with Crippen LogP contribution in [-0.2, 0) is 14.8 Å². The van der Waals surface area contributed by atoms with Crippen molar-refractivity contribution in [3.8, 4) is 22.8 Å². The Morgan fingerprint density at radius 3 is 2.30 bits per heavy atom. The number of anilines is 1. The molecule has 40 heavy (non-hydrogen) atoms. The van der Waals surface area contributed by atoms with Gasteiger partial charge < -0.3 is 19.2 Å². The highest BCUT2D eigenvalue weighted by Gasteiger charge is 2.26. The molecule has 1 aliphatic rings. The second kappa shape index (κ2) is 11.5. The van der Waals surface area contributed by atoms with Crippen molar-refractivity contribution in [2.75, 3.05) is 25.5 Å². The van der Waals surface area contributed by atoms with Crippen LogP contribution >= 0.6 is 0 Å². The molecule has 1 N–H and O–H groups in total. The largest absolute Gasteiger partial charge is 0.497 e. The van der Waals surface area contributed by atoms with Gasteiger partial charge in [-0.1, -0.05) is 18.6 Å². The number of sulfonamides is 1. The maximum absolute atomic E-state index is 13.4. The van der Waals surface area contributed by atoms with E-state index in [0.29, 0.717) is 41.1 Å². The average molecular weight is 563 g/mol. The van der Waals surface area contributed by atoms with Crippen LogP contribution in [0.25, 0.3) is 22.3 Å². The van der Waals surface area contributed by atoms with E-state index in [1.54, 1.807) is 55.6 Å². The first kappa shape index (κ1) is 27.4. The molecule has 0 aliphatic carbocycles. The van der Waals surface area contributed by atoms with Crippen LogP contribution in [0.4, 0.5) is 5.69 Å². The van der Waals surface area contributed by atoms with Gasteiger partial charge >= 0.3 is 0 Å². The molecule has 9 nitrogen and oxygen atoms in total. The van der Waals surface area contributed by atoms with Crippen molar-refractivity contribution in [1.29, 1.82) is 0 Å². The number of piperidine rings is 1. The Labute approximate surface area is 232 Å². The second-order valence-electron chi connectivity index (χ2n) is 9.55. The summed E-state index contributed by atoms with van der Waals surface area (Å²) in [6.45, 7) is 2.55. The smallest absolute Gasteiger partial charge is 0.265 e. The summed E-state index contributed by atoms with van der Waals surface area (Å²) in [6.07, 6.45) is 1.65. The third kappa shape index (κ3) is 5.59. The number of para-hydroxylation sites is 1. The highest BCUT2D eigenvalue weighted by Crippen LogP contribution is 2.32. The SMILES string of the molecule is COc1ccc(-c2oc3ccccc3c(=O)c2OC(C)C(=O)Nc2ccc(S(=O)(=O)N3CCCCC3)cc2)cc1. The number of rotatable bonds is 8. The van der Waals surface area contributed by atoms with Crippen molar-refractivity contribution < 1.29 is 27.1 Å². The van der Waals surface area contributed by atoms with Gasteiger partial charge in [0, 0.05) is 24.3 Å². The summed E-state index contributed by atoms with van der Waals surface area (Å²) in [4.78, 5) is 26.6. The molecule has 1 fully saturated rings. The van der Waals surface area contributed by atoms with Gasteiger partial charge in [-0.3, -0.25) is 9.59 Å². The molecule has 208 valence electrons. The van der Waals surface area contributed by atoms with Crippen LogP contribution in [0.15, 0.2) is 86.9 Å². The lowest BCUT2D eigenvalue weighted by Gasteiger charge is -2.25. The molecule has 1 aromatic heterocycles. The number of carbonyl (C=O) groups excluding carboxylic acids is 1. The molecule has 3 aromatic carbocycles. The molecule has 2 heterocycles. The molecule has 5 rings (SSSR count). The first-order chi connectivity index (χ1) is 19.3. The molecule has 1 atom stereocenters. The van der Waals surface area contributed by atoms with Gasteiger partial charge in [-0.25, -0.2) is 8.42 Å². The molecule has 4 aromatic rings. The topological polar surface area (TPSA) is 115 Å². The highest BCUT2D eigenvalue weighted by atomic mass is 32.2. The summed E-state index contributed by atoms with van der Waals surface area (Å²) in [5.41, 5.74) is 0.970. The van der Waals surface area contributed by atoms with Crippen molar-refractivity contribution in [3.05, 3.63) is 83.0 Å². The first-order valence-corrected chi connectivity index (χ1v) is 14.5. The Hall–Kier alpha value is -4.15. The second-order valence-corrected chi connectivity index (χ2v) is 11.5. The molecular formula is C30H30N2O7S. The van der Waals surface area contributed by atoms with Gasteiger partial charge in [-0.2, -0.15) is 4.31 Å². The average Bonchev–Trinajstić information content (AvgIpc) is 2.99. The van der Waals surface area contributed by atoms with Gasteiger partial charge in [0.05, 0.1) is 17.4 Å². The Kier molecular flexibility index (Phi) is 7.90. The maximum Gasteiger partial charge on any atom is 0.265 e. The minimum absolute atomic E-state index is 0.0884. The Balaban J connectivity index is 1.37. The molecule has 0 bridgehead atoms. The lowest BCUT2D eigenvalue weighted by atomic mass is 10.1. The third-order valence-electron chi connectivity index (χ3n) is 6.85. The number of methoxy groups -OCH3 is 1. The van der Waals surface area contributed by atoms with Crippen LogP contribution in [-0.4, -0.2) is 44.9 Å². The minimum atomic E-state index is -3.58. The van der Waals surface area contributed by atoms with Crippen molar-refractivity contribution >= 4 is 32.6 Å². The van der Waals surface area contributed by atoms with E-state index < -0.39 is 27.5 Å². The molecule has 0 spiro atoms. The summed E-state index contributed by atoms with van der Waals surface area (Å²) in [5, 5.41) is 3.06. The fourth-order valence-corrected chi connectivity index (χ4v) is 6.12. The predicted molar refractivity (Wildman–Crippen MR) is 152 cm³/mol. The number of benzene rings is 3. The van der Waals surface area contributed by atoms with Crippen molar-refractivity contribution in [2.45, 2.75) is 37.2 Å². The summed E-state index contributed by atoms with van der Waals surface area (Å²) in [7, 11) is -2.02. The standard InChI is InChI=1S/C30H30N2O7S/c1-20(30(34)31-22-12-16-24(17-13-22)40(35,36)32-18-6-3-7-19-32)38-29-27(33)25-8-4-5-9-26(25)39-28(29)21-10-14-23(37-2)15-11-21/h4-5,8-17,20H,3,6-7,18-19H2,1-2H3,(H,31,34). The van der Waals surface area contributed by atoms with Gasteiger partial charge in [0.25, 0.3) is 5.91 Å². The van der Waals surface area contributed by atoms with Crippen LogP contribution in [0, 0.1) is 0 Å². The first-order valence-electron chi connectivity index (χ1n) is 13.1. The third-order valence-corrected chi connectivity index (χ3v) is 8.76. The number of amides is 1. The number of fused-ring (bicyclic) bond motifs is 1.